The summed E-state index contributed by atoms with van der Waals surface area (Å²) in [6, 6.07) is -0.0986. The third-order valence-electron chi connectivity index (χ3n) is 3.06. The maximum Gasteiger partial charge on any atom is 0.390 e. The molecule has 1 rings (SSSR count). The Morgan fingerprint density at radius 3 is 2.71 bits per heavy atom. The van der Waals surface area contributed by atoms with Crippen LogP contribution in [-0.4, -0.2) is 43.3 Å². The number of hydrogen-bond donors (Lipinski definition) is 0. The van der Waals surface area contributed by atoms with Gasteiger partial charge in [-0.15, -0.1) is 0 Å². The first kappa shape index (κ1) is 14.3. The van der Waals surface area contributed by atoms with Crippen molar-refractivity contribution in [1.82, 2.24) is 4.90 Å². The second-order valence-electron chi connectivity index (χ2n) is 4.33. The molecular formula is C11H18F3NO2. The summed E-state index contributed by atoms with van der Waals surface area (Å²) in [6.07, 6.45) is -2.13. The summed E-state index contributed by atoms with van der Waals surface area (Å²) in [6.45, 7) is 0.614. The lowest BCUT2D eigenvalue weighted by Gasteiger charge is -2.35. The number of likely N-dealkylation sites (tertiary alicyclic amines) is 1. The van der Waals surface area contributed by atoms with Crippen molar-refractivity contribution in [2.45, 2.75) is 44.3 Å². The average Bonchev–Trinajstić information content (AvgIpc) is 2.26. The third kappa shape index (κ3) is 5.39. The van der Waals surface area contributed by atoms with E-state index in [1.807, 2.05) is 0 Å². The fourth-order valence-electron chi connectivity index (χ4n) is 2.13. The zero-order valence-electron chi connectivity index (χ0n) is 9.92. The molecule has 0 bridgehead atoms. The SMILES string of the molecule is COC(=O)CC1CCCCN1CCC(F)(F)F. The minimum atomic E-state index is -4.13. The molecule has 1 fully saturated rings. The largest absolute Gasteiger partial charge is 0.469 e. The number of halogens is 3. The molecule has 0 aromatic heterocycles. The van der Waals surface area contributed by atoms with Crippen molar-refractivity contribution in [3.8, 4) is 0 Å². The van der Waals surface area contributed by atoms with E-state index in [2.05, 4.69) is 4.74 Å². The highest BCUT2D eigenvalue weighted by Gasteiger charge is 2.31. The molecule has 0 aromatic carbocycles. The molecule has 1 unspecified atom stereocenters. The van der Waals surface area contributed by atoms with Gasteiger partial charge in [-0.25, -0.2) is 0 Å². The Labute approximate surface area is 98.9 Å². The smallest absolute Gasteiger partial charge is 0.390 e. The summed E-state index contributed by atoms with van der Waals surface area (Å²) in [7, 11) is 1.30. The molecule has 100 valence electrons. The summed E-state index contributed by atoms with van der Waals surface area (Å²) in [5, 5.41) is 0. The molecule has 1 aliphatic rings. The highest BCUT2D eigenvalue weighted by atomic mass is 19.4. The standard InChI is InChI=1S/C11H18F3NO2/c1-17-10(16)8-9-4-2-3-6-15(9)7-5-11(12,13)14/h9H,2-8H2,1H3. The Bertz CT molecular complexity index is 256. The predicted molar refractivity (Wildman–Crippen MR) is 56.5 cm³/mol. The van der Waals surface area contributed by atoms with Crippen LogP contribution in [0.2, 0.25) is 0 Å². The maximum absolute atomic E-state index is 12.1. The van der Waals surface area contributed by atoms with E-state index >= 15 is 0 Å². The number of carbonyl (C=O) groups excluding carboxylic acids is 1. The number of nitrogens with zero attached hydrogens (tertiary/aromatic N) is 1. The number of piperidine rings is 1. The van der Waals surface area contributed by atoms with Gasteiger partial charge in [0.2, 0.25) is 0 Å². The van der Waals surface area contributed by atoms with E-state index in [9.17, 15) is 18.0 Å². The molecule has 6 heteroatoms. The number of ether oxygens (including phenoxy) is 1. The number of hydrogen-bond acceptors (Lipinski definition) is 3. The predicted octanol–water partition coefficient (Wildman–Crippen LogP) is 2.36. The molecule has 3 nitrogen and oxygen atoms in total. The summed E-state index contributed by atoms with van der Waals surface area (Å²) < 4.78 is 41.0. The van der Waals surface area contributed by atoms with Crippen LogP contribution in [0.1, 0.15) is 32.1 Å². The number of alkyl halides is 3. The first-order chi connectivity index (χ1) is 7.92. The maximum atomic E-state index is 12.1. The molecule has 1 saturated heterocycles. The molecule has 0 radical (unpaired) electrons. The third-order valence-corrected chi connectivity index (χ3v) is 3.06. The topological polar surface area (TPSA) is 29.5 Å². The van der Waals surface area contributed by atoms with E-state index in [0.29, 0.717) is 6.54 Å². The zero-order chi connectivity index (χ0) is 12.9. The van der Waals surface area contributed by atoms with E-state index in [4.69, 9.17) is 0 Å². The second-order valence-corrected chi connectivity index (χ2v) is 4.33. The molecule has 1 aliphatic heterocycles. The van der Waals surface area contributed by atoms with Gasteiger partial charge in [0.25, 0.3) is 0 Å². The van der Waals surface area contributed by atoms with Gasteiger partial charge in [0.1, 0.15) is 0 Å². The van der Waals surface area contributed by atoms with Crippen molar-refractivity contribution in [1.29, 1.82) is 0 Å². The van der Waals surface area contributed by atoms with Crippen LogP contribution in [0.25, 0.3) is 0 Å². The highest BCUT2D eigenvalue weighted by molar-refractivity contribution is 5.69. The van der Waals surface area contributed by atoms with Crippen molar-refractivity contribution in [3.63, 3.8) is 0 Å². The average molecular weight is 253 g/mol. The number of esters is 1. The van der Waals surface area contributed by atoms with E-state index in [-0.39, 0.29) is 25.0 Å². The van der Waals surface area contributed by atoms with E-state index in [1.54, 1.807) is 4.90 Å². The van der Waals surface area contributed by atoms with E-state index in [0.717, 1.165) is 19.3 Å². The molecule has 0 aromatic rings. The number of rotatable bonds is 4. The zero-order valence-corrected chi connectivity index (χ0v) is 9.92. The van der Waals surface area contributed by atoms with Gasteiger partial charge in [0.05, 0.1) is 20.0 Å². The lowest BCUT2D eigenvalue weighted by atomic mass is 9.99. The lowest BCUT2D eigenvalue weighted by Crippen LogP contribution is -2.42. The fraction of sp³-hybridized carbons (Fsp3) is 0.909. The normalized spacial score (nSPS) is 22.5. The molecule has 0 aliphatic carbocycles. The summed E-state index contributed by atoms with van der Waals surface area (Å²) >= 11 is 0. The van der Waals surface area contributed by atoms with Crippen LogP contribution in [0.5, 0.6) is 0 Å². The Balaban J connectivity index is 2.45. The van der Waals surface area contributed by atoms with Gasteiger partial charge >= 0.3 is 12.1 Å². The van der Waals surface area contributed by atoms with Gasteiger partial charge in [-0.2, -0.15) is 13.2 Å². The van der Waals surface area contributed by atoms with Crippen LogP contribution in [-0.2, 0) is 9.53 Å². The summed E-state index contributed by atoms with van der Waals surface area (Å²) in [5.41, 5.74) is 0. The molecule has 1 heterocycles. The Morgan fingerprint density at radius 2 is 2.12 bits per heavy atom. The fourth-order valence-corrected chi connectivity index (χ4v) is 2.13. The van der Waals surface area contributed by atoms with Gasteiger partial charge in [-0.05, 0) is 19.4 Å². The van der Waals surface area contributed by atoms with Gasteiger partial charge in [-0.1, -0.05) is 6.42 Å². The van der Waals surface area contributed by atoms with Crippen molar-refractivity contribution >= 4 is 5.97 Å². The van der Waals surface area contributed by atoms with Crippen molar-refractivity contribution in [3.05, 3.63) is 0 Å². The van der Waals surface area contributed by atoms with Gasteiger partial charge in [0, 0.05) is 12.6 Å². The number of carbonyl (C=O) groups is 1. The van der Waals surface area contributed by atoms with Crippen LogP contribution in [0.15, 0.2) is 0 Å². The van der Waals surface area contributed by atoms with Gasteiger partial charge in [0.15, 0.2) is 0 Å². The Morgan fingerprint density at radius 1 is 1.41 bits per heavy atom. The van der Waals surface area contributed by atoms with Gasteiger partial charge < -0.3 is 4.74 Å². The first-order valence-electron chi connectivity index (χ1n) is 5.80. The van der Waals surface area contributed by atoms with Crippen molar-refractivity contribution in [2.24, 2.45) is 0 Å². The van der Waals surface area contributed by atoms with E-state index in [1.165, 1.54) is 7.11 Å². The molecule has 0 saturated carbocycles. The quantitative estimate of drug-likeness (QED) is 0.720. The summed E-state index contributed by atoms with van der Waals surface area (Å²) in [4.78, 5) is 12.9. The molecular weight excluding hydrogens is 235 g/mol. The molecule has 0 amide bonds. The Hall–Kier alpha value is -0.780. The van der Waals surface area contributed by atoms with Crippen molar-refractivity contribution < 1.29 is 22.7 Å². The molecule has 17 heavy (non-hydrogen) atoms. The Kier molecular flexibility index (Phi) is 5.24. The van der Waals surface area contributed by atoms with Crippen LogP contribution in [0.4, 0.5) is 13.2 Å². The highest BCUT2D eigenvalue weighted by Crippen LogP contribution is 2.24. The van der Waals surface area contributed by atoms with Crippen molar-refractivity contribution in [2.75, 3.05) is 20.2 Å². The minimum absolute atomic E-state index is 0.0227. The van der Waals surface area contributed by atoms with Crippen LogP contribution in [0.3, 0.4) is 0 Å². The monoisotopic (exact) mass is 253 g/mol. The van der Waals surface area contributed by atoms with Crippen LogP contribution < -0.4 is 0 Å². The van der Waals surface area contributed by atoms with Gasteiger partial charge in [-0.3, -0.25) is 9.69 Å². The van der Waals surface area contributed by atoms with E-state index < -0.39 is 12.6 Å². The second kappa shape index (κ2) is 6.23. The molecule has 0 N–H and O–H groups in total. The number of methoxy groups -OCH3 is 1. The lowest BCUT2D eigenvalue weighted by molar-refractivity contribution is -0.144. The molecule has 1 atom stereocenters. The minimum Gasteiger partial charge on any atom is -0.469 e. The van der Waals surface area contributed by atoms with Crippen LogP contribution in [0, 0.1) is 0 Å². The molecule has 0 spiro atoms. The summed E-state index contributed by atoms with van der Waals surface area (Å²) in [5.74, 6) is -0.353. The first-order valence-corrected chi connectivity index (χ1v) is 5.80. The van der Waals surface area contributed by atoms with Crippen LogP contribution >= 0.6 is 0 Å².